The Bertz CT molecular complexity index is 1090. The molecule has 1 saturated heterocycles. The highest BCUT2D eigenvalue weighted by atomic mass is 32.2. The summed E-state index contributed by atoms with van der Waals surface area (Å²) in [6.07, 6.45) is 0.766. The molecule has 2 aromatic carbocycles. The molecular weight excluding hydrogens is 418 g/mol. The van der Waals surface area contributed by atoms with Crippen LogP contribution in [0.1, 0.15) is 16.8 Å². The Morgan fingerprint density at radius 2 is 1.67 bits per heavy atom. The molecular formula is C22H25N3O3S2. The van der Waals surface area contributed by atoms with Crippen molar-refractivity contribution in [3.8, 4) is 5.75 Å². The quantitative estimate of drug-likeness (QED) is 0.583. The van der Waals surface area contributed by atoms with Gasteiger partial charge in [-0.25, -0.2) is 13.4 Å². The molecule has 3 aromatic rings. The maximum atomic E-state index is 12.9. The van der Waals surface area contributed by atoms with E-state index in [9.17, 15) is 8.42 Å². The molecule has 1 fully saturated rings. The van der Waals surface area contributed by atoms with E-state index >= 15 is 0 Å². The number of thiazole rings is 1. The van der Waals surface area contributed by atoms with Crippen molar-refractivity contribution in [2.45, 2.75) is 18.2 Å². The largest absolute Gasteiger partial charge is 0.497 e. The smallest absolute Gasteiger partial charge is 0.243 e. The lowest BCUT2D eigenvalue weighted by molar-refractivity contribution is 0.384. The van der Waals surface area contributed by atoms with Gasteiger partial charge in [-0.15, -0.1) is 11.3 Å². The van der Waals surface area contributed by atoms with Crippen LogP contribution in [-0.2, 0) is 16.4 Å². The minimum atomic E-state index is -3.45. The number of sulfonamides is 1. The van der Waals surface area contributed by atoms with Gasteiger partial charge in [-0.2, -0.15) is 4.31 Å². The average molecular weight is 444 g/mol. The Morgan fingerprint density at radius 3 is 2.30 bits per heavy atom. The van der Waals surface area contributed by atoms with E-state index in [4.69, 9.17) is 9.72 Å². The second kappa shape index (κ2) is 8.75. The van der Waals surface area contributed by atoms with Crippen molar-refractivity contribution < 1.29 is 13.2 Å². The second-order valence-electron chi connectivity index (χ2n) is 7.35. The fourth-order valence-electron chi connectivity index (χ4n) is 3.45. The summed E-state index contributed by atoms with van der Waals surface area (Å²) in [5.74, 6) is 0.844. The van der Waals surface area contributed by atoms with E-state index < -0.39 is 10.0 Å². The summed E-state index contributed by atoms with van der Waals surface area (Å²) in [5.41, 5.74) is 3.25. The van der Waals surface area contributed by atoms with Gasteiger partial charge in [-0.1, -0.05) is 29.8 Å². The van der Waals surface area contributed by atoms with Crippen LogP contribution in [0.25, 0.3) is 0 Å². The van der Waals surface area contributed by atoms with Crippen LogP contribution in [0.5, 0.6) is 5.75 Å². The molecule has 2 heterocycles. The molecule has 0 spiro atoms. The maximum Gasteiger partial charge on any atom is 0.243 e. The number of ether oxygens (including phenoxy) is 1. The summed E-state index contributed by atoms with van der Waals surface area (Å²) < 4.78 is 32.5. The van der Waals surface area contributed by atoms with Crippen molar-refractivity contribution in [1.29, 1.82) is 0 Å². The van der Waals surface area contributed by atoms with Crippen LogP contribution in [0.15, 0.2) is 58.8 Å². The number of aromatic nitrogens is 1. The van der Waals surface area contributed by atoms with E-state index in [1.54, 1.807) is 34.9 Å². The zero-order valence-corrected chi connectivity index (χ0v) is 18.7. The van der Waals surface area contributed by atoms with Crippen LogP contribution in [0.2, 0.25) is 0 Å². The number of hydrogen-bond acceptors (Lipinski definition) is 6. The molecule has 0 atom stereocenters. The third-order valence-electron chi connectivity index (χ3n) is 5.25. The van der Waals surface area contributed by atoms with E-state index in [0.29, 0.717) is 31.1 Å². The summed E-state index contributed by atoms with van der Waals surface area (Å²) in [5, 5.41) is 3.03. The summed E-state index contributed by atoms with van der Waals surface area (Å²) in [4.78, 5) is 7.30. The third kappa shape index (κ3) is 4.50. The summed E-state index contributed by atoms with van der Waals surface area (Å²) in [6.45, 7) is 4.15. The Labute approximate surface area is 181 Å². The topological polar surface area (TPSA) is 62.7 Å². The molecule has 0 radical (unpaired) electrons. The van der Waals surface area contributed by atoms with E-state index in [-0.39, 0.29) is 0 Å². The van der Waals surface area contributed by atoms with Crippen molar-refractivity contribution in [2.24, 2.45) is 0 Å². The molecule has 30 heavy (non-hydrogen) atoms. The van der Waals surface area contributed by atoms with E-state index in [2.05, 4.69) is 10.3 Å². The van der Waals surface area contributed by atoms with Gasteiger partial charge < -0.3 is 9.64 Å². The van der Waals surface area contributed by atoms with Crippen LogP contribution >= 0.6 is 11.3 Å². The summed E-state index contributed by atoms with van der Waals surface area (Å²) in [6, 6.07) is 15.0. The van der Waals surface area contributed by atoms with Gasteiger partial charge in [0.1, 0.15) is 5.75 Å². The second-order valence-corrected chi connectivity index (χ2v) is 10.1. The van der Waals surface area contributed by atoms with Crippen molar-refractivity contribution in [3.05, 3.63) is 70.7 Å². The van der Waals surface area contributed by atoms with Crippen LogP contribution in [-0.4, -0.2) is 51.0 Å². The average Bonchev–Trinajstić information content (AvgIpc) is 3.23. The van der Waals surface area contributed by atoms with E-state index in [0.717, 1.165) is 28.6 Å². The van der Waals surface area contributed by atoms with Crippen molar-refractivity contribution in [1.82, 2.24) is 9.29 Å². The predicted molar refractivity (Wildman–Crippen MR) is 120 cm³/mol. The van der Waals surface area contributed by atoms with Gasteiger partial charge in [0.2, 0.25) is 10.0 Å². The highest BCUT2D eigenvalue weighted by Gasteiger charge is 2.29. The molecule has 0 amide bonds. The number of nitrogens with zero attached hydrogens (tertiary/aromatic N) is 3. The molecule has 0 aliphatic carbocycles. The molecule has 0 bridgehead atoms. The fraction of sp³-hybridized carbons (Fsp3) is 0.318. The van der Waals surface area contributed by atoms with Gasteiger partial charge in [-0.3, -0.25) is 0 Å². The fourth-order valence-corrected chi connectivity index (χ4v) is 5.76. The number of methoxy groups -OCH3 is 1. The standard InChI is InChI=1S/C22H25N3O3S2/c1-17-3-9-21(10-4-17)30(26,27)25-13-11-24(12-14-25)22-23-19(16-29-22)15-18-5-7-20(28-2)8-6-18/h3-10,16H,11-15H2,1-2H3. The minimum Gasteiger partial charge on any atom is -0.497 e. The Balaban J connectivity index is 1.38. The SMILES string of the molecule is COc1ccc(Cc2csc(N3CCN(S(=O)(=O)c4ccc(C)cc4)CC3)n2)cc1. The lowest BCUT2D eigenvalue weighted by atomic mass is 10.1. The van der Waals surface area contributed by atoms with E-state index in [1.807, 2.05) is 43.3 Å². The predicted octanol–water partition coefficient (Wildman–Crippen LogP) is 3.56. The molecule has 4 rings (SSSR count). The molecule has 158 valence electrons. The van der Waals surface area contributed by atoms with Crippen molar-refractivity contribution >= 4 is 26.5 Å². The highest BCUT2D eigenvalue weighted by Crippen LogP contribution is 2.25. The number of rotatable bonds is 6. The lowest BCUT2D eigenvalue weighted by Gasteiger charge is -2.33. The van der Waals surface area contributed by atoms with Gasteiger partial charge in [0.25, 0.3) is 0 Å². The zero-order chi connectivity index (χ0) is 21.1. The number of anilines is 1. The normalized spacial score (nSPS) is 15.3. The van der Waals surface area contributed by atoms with Crippen LogP contribution in [0, 0.1) is 6.92 Å². The number of hydrogen-bond donors (Lipinski definition) is 0. The molecule has 0 unspecified atom stereocenters. The minimum absolute atomic E-state index is 0.359. The first-order valence-electron chi connectivity index (χ1n) is 9.85. The number of piperazine rings is 1. The first-order chi connectivity index (χ1) is 14.5. The number of benzene rings is 2. The molecule has 0 saturated carbocycles. The molecule has 8 heteroatoms. The highest BCUT2D eigenvalue weighted by molar-refractivity contribution is 7.89. The monoisotopic (exact) mass is 443 g/mol. The third-order valence-corrected chi connectivity index (χ3v) is 8.11. The van der Waals surface area contributed by atoms with Crippen LogP contribution in [0.3, 0.4) is 0 Å². The van der Waals surface area contributed by atoms with Gasteiger partial charge in [0.15, 0.2) is 5.13 Å². The Kier molecular flexibility index (Phi) is 6.08. The van der Waals surface area contributed by atoms with Crippen molar-refractivity contribution in [2.75, 3.05) is 38.2 Å². The van der Waals surface area contributed by atoms with Gasteiger partial charge in [0, 0.05) is 38.0 Å². The Morgan fingerprint density at radius 1 is 1.00 bits per heavy atom. The molecule has 1 aromatic heterocycles. The molecule has 0 N–H and O–H groups in total. The number of aryl methyl sites for hydroxylation is 1. The zero-order valence-electron chi connectivity index (χ0n) is 17.1. The van der Waals surface area contributed by atoms with Gasteiger partial charge >= 0.3 is 0 Å². The molecule has 6 nitrogen and oxygen atoms in total. The van der Waals surface area contributed by atoms with Gasteiger partial charge in [-0.05, 0) is 36.8 Å². The molecule has 1 aliphatic heterocycles. The first kappa shape index (κ1) is 20.8. The first-order valence-corrected chi connectivity index (χ1v) is 12.2. The summed E-state index contributed by atoms with van der Waals surface area (Å²) >= 11 is 1.61. The van der Waals surface area contributed by atoms with Crippen LogP contribution in [0.4, 0.5) is 5.13 Å². The molecule has 1 aliphatic rings. The van der Waals surface area contributed by atoms with Crippen LogP contribution < -0.4 is 9.64 Å². The van der Waals surface area contributed by atoms with E-state index in [1.165, 1.54) is 5.56 Å². The Hall–Kier alpha value is -2.42. The maximum absolute atomic E-state index is 12.9. The summed E-state index contributed by atoms with van der Waals surface area (Å²) in [7, 11) is -1.79. The van der Waals surface area contributed by atoms with Gasteiger partial charge in [0.05, 0.1) is 17.7 Å². The lowest BCUT2D eigenvalue weighted by Crippen LogP contribution is -2.48. The van der Waals surface area contributed by atoms with Crippen molar-refractivity contribution in [3.63, 3.8) is 0 Å².